The van der Waals surface area contributed by atoms with Crippen LogP contribution in [0.15, 0.2) is 48.7 Å². The number of nitrogens with two attached hydrogens (primary N) is 1. The van der Waals surface area contributed by atoms with Crippen molar-refractivity contribution in [3.63, 3.8) is 0 Å². The average molecular weight is 307 g/mol. The first kappa shape index (κ1) is 14.4. The van der Waals surface area contributed by atoms with E-state index in [-0.39, 0.29) is 11.8 Å². The van der Waals surface area contributed by atoms with Crippen LogP contribution in [0.2, 0.25) is 0 Å². The number of carbonyl (C=O) groups excluding carboxylic acids is 1. The molecule has 2 aromatic rings. The molecule has 2 heterocycles. The van der Waals surface area contributed by atoms with Gasteiger partial charge in [-0.3, -0.25) is 9.78 Å². The lowest BCUT2D eigenvalue weighted by Crippen LogP contribution is -2.44. The molecule has 4 nitrogen and oxygen atoms in total. The molecule has 1 aromatic heterocycles. The summed E-state index contributed by atoms with van der Waals surface area (Å²) < 4.78 is 0. The van der Waals surface area contributed by atoms with Crippen LogP contribution in [-0.2, 0) is 23.2 Å². The van der Waals surface area contributed by atoms with E-state index in [1.165, 1.54) is 11.1 Å². The molecular weight excluding hydrogens is 286 g/mol. The third kappa shape index (κ3) is 2.25. The highest BCUT2D eigenvalue weighted by molar-refractivity contribution is 5.91. The van der Waals surface area contributed by atoms with Gasteiger partial charge >= 0.3 is 0 Å². The van der Waals surface area contributed by atoms with E-state index in [1.54, 1.807) is 6.20 Å². The predicted molar refractivity (Wildman–Crippen MR) is 88.6 cm³/mol. The van der Waals surface area contributed by atoms with Crippen LogP contribution in [0.4, 0.5) is 0 Å². The summed E-state index contributed by atoms with van der Waals surface area (Å²) >= 11 is 0. The average Bonchev–Trinajstić information content (AvgIpc) is 3.37. The lowest BCUT2D eigenvalue weighted by molar-refractivity contribution is -0.135. The summed E-state index contributed by atoms with van der Waals surface area (Å²) in [4.78, 5) is 19.8. The van der Waals surface area contributed by atoms with Crippen LogP contribution < -0.4 is 5.73 Å². The second-order valence-electron chi connectivity index (χ2n) is 6.57. The number of hydrogen-bond acceptors (Lipinski definition) is 3. The maximum absolute atomic E-state index is 13.3. The van der Waals surface area contributed by atoms with E-state index in [0.29, 0.717) is 13.1 Å². The van der Waals surface area contributed by atoms with Crippen LogP contribution in [0.25, 0.3) is 0 Å². The molecule has 1 amide bonds. The van der Waals surface area contributed by atoms with Crippen molar-refractivity contribution in [3.05, 3.63) is 65.5 Å². The highest BCUT2D eigenvalue weighted by Gasteiger charge is 2.62. The Kier molecular flexibility index (Phi) is 3.42. The zero-order valence-corrected chi connectivity index (χ0v) is 13.1. The van der Waals surface area contributed by atoms with Gasteiger partial charge in [0.05, 0.1) is 11.1 Å². The van der Waals surface area contributed by atoms with Crippen LogP contribution in [-0.4, -0.2) is 28.9 Å². The number of fused-ring (bicyclic) bond motifs is 1. The van der Waals surface area contributed by atoms with Gasteiger partial charge in [0, 0.05) is 19.3 Å². The third-order valence-electron chi connectivity index (χ3n) is 5.31. The SMILES string of the molecule is NC[C@@H]1C[C@@]1(C(=O)N1CCc2ccccc2C1)c1ccccn1. The first-order valence-electron chi connectivity index (χ1n) is 8.23. The zero-order chi connectivity index (χ0) is 15.9. The molecule has 0 saturated heterocycles. The summed E-state index contributed by atoms with van der Waals surface area (Å²) in [7, 11) is 0. The normalized spacial score (nSPS) is 25.8. The number of hydrogen-bond donors (Lipinski definition) is 1. The Morgan fingerprint density at radius 3 is 2.70 bits per heavy atom. The molecule has 2 atom stereocenters. The van der Waals surface area contributed by atoms with Crippen molar-refractivity contribution >= 4 is 5.91 Å². The van der Waals surface area contributed by atoms with Crippen LogP contribution in [0.3, 0.4) is 0 Å². The lowest BCUT2D eigenvalue weighted by Gasteiger charge is -2.32. The molecule has 0 radical (unpaired) electrons. The summed E-state index contributed by atoms with van der Waals surface area (Å²) in [6.07, 6.45) is 3.51. The maximum atomic E-state index is 13.3. The number of nitrogens with zero attached hydrogens (tertiary/aromatic N) is 2. The van der Waals surface area contributed by atoms with Gasteiger partial charge in [0.15, 0.2) is 0 Å². The minimum Gasteiger partial charge on any atom is -0.337 e. The van der Waals surface area contributed by atoms with E-state index in [2.05, 4.69) is 23.2 Å². The predicted octanol–water partition coefficient (Wildman–Crippen LogP) is 1.88. The molecule has 1 fully saturated rings. The fraction of sp³-hybridized carbons (Fsp3) is 0.368. The molecule has 0 spiro atoms. The molecule has 2 N–H and O–H groups in total. The Morgan fingerprint density at radius 2 is 2.00 bits per heavy atom. The van der Waals surface area contributed by atoms with Crippen molar-refractivity contribution in [1.82, 2.24) is 9.88 Å². The molecule has 2 aliphatic rings. The Bertz CT molecular complexity index is 730. The number of carbonyl (C=O) groups is 1. The molecule has 4 heteroatoms. The number of pyridine rings is 1. The topological polar surface area (TPSA) is 59.2 Å². The van der Waals surface area contributed by atoms with Crippen LogP contribution in [0.1, 0.15) is 23.2 Å². The van der Waals surface area contributed by atoms with Crippen molar-refractivity contribution in [2.24, 2.45) is 11.7 Å². The van der Waals surface area contributed by atoms with E-state index < -0.39 is 5.41 Å². The smallest absolute Gasteiger partial charge is 0.235 e. The largest absolute Gasteiger partial charge is 0.337 e. The van der Waals surface area contributed by atoms with E-state index in [9.17, 15) is 4.79 Å². The second kappa shape index (κ2) is 5.46. The van der Waals surface area contributed by atoms with E-state index in [4.69, 9.17) is 5.73 Å². The summed E-state index contributed by atoms with van der Waals surface area (Å²) in [5.74, 6) is 0.406. The van der Waals surface area contributed by atoms with Gasteiger partial charge in [-0.25, -0.2) is 0 Å². The maximum Gasteiger partial charge on any atom is 0.235 e. The fourth-order valence-electron chi connectivity index (χ4n) is 3.88. The molecule has 118 valence electrons. The minimum atomic E-state index is -0.498. The summed E-state index contributed by atoms with van der Waals surface area (Å²) in [5.41, 5.74) is 8.88. The van der Waals surface area contributed by atoms with Gasteiger partial charge in [-0.05, 0) is 48.6 Å². The van der Waals surface area contributed by atoms with Gasteiger partial charge in [0.1, 0.15) is 0 Å². The van der Waals surface area contributed by atoms with Gasteiger partial charge < -0.3 is 10.6 Å². The molecule has 4 rings (SSSR count). The molecular formula is C19H21N3O. The Hall–Kier alpha value is -2.20. The number of benzene rings is 1. The molecule has 1 saturated carbocycles. The number of rotatable bonds is 3. The second-order valence-corrected chi connectivity index (χ2v) is 6.57. The summed E-state index contributed by atoms with van der Waals surface area (Å²) in [6, 6.07) is 14.2. The van der Waals surface area contributed by atoms with E-state index in [0.717, 1.165) is 25.1 Å². The monoisotopic (exact) mass is 307 g/mol. The molecule has 23 heavy (non-hydrogen) atoms. The van der Waals surface area contributed by atoms with E-state index in [1.807, 2.05) is 29.2 Å². The summed E-state index contributed by atoms with van der Waals surface area (Å²) in [6.45, 7) is 2.01. The number of amides is 1. The summed E-state index contributed by atoms with van der Waals surface area (Å²) in [5, 5.41) is 0. The Balaban J connectivity index is 1.63. The van der Waals surface area contributed by atoms with Gasteiger partial charge in [-0.1, -0.05) is 30.3 Å². The quantitative estimate of drug-likeness (QED) is 0.942. The highest BCUT2D eigenvalue weighted by Crippen LogP contribution is 2.54. The van der Waals surface area contributed by atoms with Crippen molar-refractivity contribution < 1.29 is 4.79 Å². The van der Waals surface area contributed by atoms with E-state index >= 15 is 0 Å². The van der Waals surface area contributed by atoms with Crippen molar-refractivity contribution in [2.75, 3.05) is 13.1 Å². The minimum absolute atomic E-state index is 0.196. The van der Waals surface area contributed by atoms with Crippen molar-refractivity contribution in [3.8, 4) is 0 Å². The van der Waals surface area contributed by atoms with Gasteiger partial charge in [-0.15, -0.1) is 0 Å². The van der Waals surface area contributed by atoms with Crippen LogP contribution in [0, 0.1) is 5.92 Å². The van der Waals surface area contributed by atoms with Crippen LogP contribution in [0.5, 0.6) is 0 Å². The fourth-order valence-corrected chi connectivity index (χ4v) is 3.88. The molecule has 0 bridgehead atoms. The first-order chi connectivity index (χ1) is 11.3. The van der Waals surface area contributed by atoms with Crippen molar-refractivity contribution in [1.29, 1.82) is 0 Å². The van der Waals surface area contributed by atoms with Gasteiger partial charge in [0.25, 0.3) is 0 Å². The van der Waals surface area contributed by atoms with Crippen LogP contribution >= 0.6 is 0 Å². The third-order valence-corrected chi connectivity index (χ3v) is 5.31. The molecule has 1 aromatic carbocycles. The molecule has 1 aliphatic heterocycles. The van der Waals surface area contributed by atoms with Gasteiger partial charge in [0.2, 0.25) is 5.91 Å². The molecule has 1 aliphatic carbocycles. The standard InChI is InChI=1S/C19H21N3O/c20-12-16-11-19(16,17-7-3-4-9-21-17)18(23)22-10-8-14-5-1-2-6-15(14)13-22/h1-7,9,16H,8,10-13,20H2/t16-,19-/m0/s1. The number of aromatic nitrogens is 1. The Labute approximate surface area is 136 Å². The van der Waals surface area contributed by atoms with Gasteiger partial charge in [-0.2, -0.15) is 0 Å². The Morgan fingerprint density at radius 1 is 1.22 bits per heavy atom. The zero-order valence-electron chi connectivity index (χ0n) is 13.1. The first-order valence-corrected chi connectivity index (χ1v) is 8.23. The van der Waals surface area contributed by atoms with Crippen molar-refractivity contribution in [2.45, 2.75) is 24.8 Å². The lowest BCUT2D eigenvalue weighted by atomic mass is 9.93. The highest BCUT2D eigenvalue weighted by atomic mass is 16.2. The molecule has 0 unspecified atom stereocenters.